The molecule has 0 fully saturated rings. The fourth-order valence-corrected chi connectivity index (χ4v) is 5.23. The van der Waals surface area contributed by atoms with Crippen molar-refractivity contribution in [1.82, 2.24) is 8.75 Å². The molecule has 2 aromatic carbocycles. The predicted octanol–water partition coefficient (Wildman–Crippen LogP) is 7.58. The van der Waals surface area contributed by atoms with Gasteiger partial charge in [0.25, 0.3) is 0 Å². The van der Waals surface area contributed by atoms with Crippen molar-refractivity contribution in [2.45, 2.75) is 47.5 Å². The Morgan fingerprint density at radius 3 is 2.06 bits per heavy atom. The summed E-state index contributed by atoms with van der Waals surface area (Å²) < 4.78 is 9.27. The van der Waals surface area contributed by atoms with Crippen molar-refractivity contribution in [3.05, 3.63) is 83.0 Å². The number of fused-ring (bicyclic) bond motifs is 1. The van der Waals surface area contributed by atoms with Crippen LogP contribution in [0.2, 0.25) is 0 Å². The van der Waals surface area contributed by atoms with Gasteiger partial charge in [-0.1, -0.05) is 62.4 Å². The number of aromatic nitrogens is 2. The van der Waals surface area contributed by atoms with Gasteiger partial charge in [0.05, 0.1) is 11.7 Å². The number of allylic oxidation sites excluding steroid dienone is 5. The zero-order valence-corrected chi connectivity index (χ0v) is 20.7. The molecule has 0 bridgehead atoms. The first-order valence-corrected chi connectivity index (χ1v) is 12.5. The van der Waals surface area contributed by atoms with Gasteiger partial charge in [0.2, 0.25) is 0 Å². The van der Waals surface area contributed by atoms with E-state index in [1.807, 2.05) is 0 Å². The molecule has 0 saturated carbocycles. The summed E-state index contributed by atoms with van der Waals surface area (Å²) in [4.78, 5) is 2.38. The Morgan fingerprint density at radius 2 is 1.47 bits per heavy atom. The van der Waals surface area contributed by atoms with E-state index in [9.17, 15) is 0 Å². The van der Waals surface area contributed by atoms with Crippen molar-refractivity contribution in [3.63, 3.8) is 0 Å². The van der Waals surface area contributed by atoms with Gasteiger partial charge in [-0.15, -0.1) is 0 Å². The zero-order chi connectivity index (χ0) is 22.7. The highest BCUT2D eigenvalue weighted by Crippen LogP contribution is 2.39. The maximum Gasteiger partial charge on any atom is 0.112 e. The minimum absolute atomic E-state index is 0.159. The molecule has 1 aliphatic carbocycles. The van der Waals surface area contributed by atoms with E-state index in [0.29, 0.717) is 0 Å². The van der Waals surface area contributed by atoms with Crippen molar-refractivity contribution >= 4 is 34.0 Å². The predicted molar refractivity (Wildman–Crippen MR) is 139 cm³/mol. The summed E-state index contributed by atoms with van der Waals surface area (Å²) >= 11 is 1.29. The van der Waals surface area contributed by atoms with Crippen LogP contribution in [0.3, 0.4) is 0 Å². The molecule has 0 amide bonds. The second kappa shape index (κ2) is 9.41. The maximum atomic E-state index is 4.69. The molecule has 1 heterocycles. The number of anilines is 1. The van der Waals surface area contributed by atoms with Crippen molar-refractivity contribution in [1.29, 1.82) is 0 Å². The number of nitrogens with zero attached hydrogens (tertiary/aromatic N) is 3. The number of aryl methyl sites for hydroxylation is 1. The Hall–Kier alpha value is -2.72. The Bertz CT molecular complexity index is 1160. The minimum Gasteiger partial charge on any atom is -0.372 e. The molecular formula is C28H33N3S. The monoisotopic (exact) mass is 443 g/mol. The van der Waals surface area contributed by atoms with Crippen LogP contribution >= 0.6 is 11.7 Å². The largest absolute Gasteiger partial charge is 0.372 e. The summed E-state index contributed by atoms with van der Waals surface area (Å²) in [6.45, 7) is 13.1. The third kappa shape index (κ3) is 4.04. The average Bonchev–Trinajstić information content (AvgIpc) is 3.34. The number of benzene rings is 2. The molecule has 32 heavy (non-hydrogen) atoms. The second-order valence-electron chi connectivity index (χ2n) is 8.55. The van der Waals surface area contributed by atoms with Gasteiger partial charge in [0, 0.05) is 29.8 Å². The number of hydrogen-bond acceptors (Lipinski definition) is 4. The molecular weight excluding hydrogens is 410 g/mol. The lowest BCUT2D eigenvalue weighted by Crippen LogP contribution is -2.21. The van der Waals surface area contributed by atoms with Crippen LogP contribution in [0.15, 0.2) is 66.3 Å². The molecule has 166 valence electrons. The fraction of sp³-hybridized carbons (Fsp3) is 0.357. The first kappa shape index (κ1) is 22.5. The molecule has 0 N–H and O–H groups in total. The summed E-state index contributed by atoms with van der Waals surface area (Å²) in [5.74, 6) is 0. The SMILES string of the molecule is CCN(CC)c1ccc(C(=C2C=CC(CC)(CC)C=C2)c2ccc(C)c3nsnc23)cc1. The third-order valence-electron chi connectivity index (χ3n) is 6.97. The molecule has 4 heteroatoms. The van der Waals surface area contributed by atoms with E-state index < -0.39 is 0 Å². The van der Waals surface area contributed by atoms with E-state index in [1.54, 1.807) is 0 Å². The van der Waals surface area contributed by atoms with Gasteiger partial charge < -0.3 is 4.90 Å². The van der Waals surface area contributed by atoms with Gasteiger partial charge in [0.1, 0.15) is 11.0 Å². The molecule has 0 unspecified atom stereocenters. The zero-order valence-electron chi connectivity index (χ0n) is 19.9. The normalized spacial score (nSPS) is 14.8. The molecule has 3 nitrogen and oxygen atoms in total. The van der Waals surface area contributed by atoms with Crippen LogP contribution in [-0.4, -0.2) is 21.8 Å². The molecule has 0 spiro atoms. The minimum atomic E-state index is 0.159. The van der Waals surface area contributed by atoms with Gasteiger partial charge in [-0.3, -0.25) is 0 Å². The summed E-state index contributed by atoms with van der Waals surface area (Å²) in [6, 6.07) is 13.4. The number of rotatable bonds is 7. The van der Waals surface area contributed by atoms with Gasteiger partial charge >= 0.3 is 0 Å². The van der Waals surface area contributed by atoms with Crippen molar-refractivity contribution in [2.75, 3.05) is 18.0 Å². The topological polar surface area (TPSA) is 29.0 Å². The smallest absolute Gasteiger partial charge is 0.112 e. The van der Waals surface area contributed by atoms with E-state index in [4.69, 9.17) is 4.37 Å². The van der Waals surface area contributed by atoms with E-state index in [0.717, 1.165) is 42.5 Å². The van der Waals surface area contributed by atoms with E-state index in [2.05, 4.69) is 105 Å². The highest BCUT2D eigenvalue weighted by atomic mass is 32.1. The maximum absolute atomic E-state index is 4.69. The molecule has 0 saturated heterocycles. The van der Waals surface area contributed by atoms with Crippen LogP contribution in [0, 0.1) is 12.3 Å². The summed E-state index contributed by atoms with van der Waals surface area (Å²) in [7, 11) is 0. The first-order valence-electron chi connectivity index (χ1n) is 11.8. The Kier molecular flexibility index (Phi) is 6.61. The molecule has 0 radical (unpaired) electrons. The highest BCUT2D eigenvalue weighted by molar-refractivity contribution is 7.00. The quantitative estimate of drug-likeness (QED) is 0.377. The van der Waals surface area contributed by atoms with Crippen molar-refractivity contribution in [2.24, 2.45) is 5.41 Å². The Labute approximate surface area is 196 Å². The number of hydrogen-bond donors (Lipinski definition) is 0. The van der Waals surface area contributed by atoms with Crippen LogP contribution in [0.4, 0.5) is 5.69 Å². The molecule has 1 aliphatic rings. The van der Waals surface area contributed by atoms with Crippen LogP contribution < -0.4 is 4.90 Å². The van der Waals surface area contributed by atoms with Gasteiger partial charge in [-0.25, -0.2) is 0 Å². The van der Waals surface area contributed by atoms with E-state index >= 15 is 0 Å². The van der Waals surface area contributed by atoms with Crippen LogP contribution in [0.1, 0.15) is 57.2 Å². The van der Waals surface area contributed by atoms with Crippen LogP contribution in [-0.2, 0) is 0 Å². The van der Waals surface area contributed by atoms with Crippen molar-refractivity contribution < 1.29 is 0 Å². The Morgan fingerprint density at radius 1 is 0.844 bits per heavy atom. The van der Waals surface area contributed by atoms with E-state index in [1.165, 1.54) is 39.7 Å². The molecule has 0 atom stereocenters. The summed E-state index contributed by atoms with van der Waals surface area (Å²) in [5, 5.41) is 0. The summed E-state index contributed by atoms with van der Waals surface area (Å²) in [6.07, 6.45) is 11.6. The Balaban J connectivity index is 1.90. The van der Waals surface area contributed by atoms with Crippen molar-refractivity contribution in [3.8, 4) is 0 Å². The van der Waals surface area contributed by atoms with Crippen LogP contribution in [0.25, 0.3) is 16.6 Å². The third-order valence-corrected chi connectivity index (χ3v) is 7.49. The average molecular weight is 444 g/mol. The van der Waals surface area contributed by atoms with Gasteiger partial charge in [-0.2, -0.15) is 8.75 Å². The standard InChI is InChI=1S/C28H33N3S/c1-6-28(7-2)18-16-22(17-19-28)25(21-11-13-23(14-12-21)31(8-3)9-4)24-15-10-20(5)26-27(24)30-32-29-26/h10-19H,6-9H2,1-5H3. The van der Waals surface area contributed by atoms with Gasteiger partial charge in [0.15, 0.2) is 0 Å². The second-order valence-corrected chi connectivity index (χ2v) is 9.08. The lowest BCUT2D eigenvalue weighted by atomic mass is 9.77. The molecule has 4 rings (SSSR count). The first-order chi connectivity index (χ1) is 15.6. The lowest BCUT2D eigenvalue weighted by molar-refractivity contribution is 0.453. The molecule has 1 aromatic heterocycles. The molecule has 3 aromatic rings. The summed E-state index contributed by atoms with van der Waals surface area (Å²) in [5.41, 5.74) is 9.41. The lowest BCUT2D eigenvalue weighted by Gasteiger charge is -2.28. The van der Waals surface area contributed by atoms with E-state index in [-0.39, 0.29) is 5.41 Å². The van der Waals surface area contributed by atoms with Gasteiger partial charge in [-0.05, 0) is 68.0 Å². The highest BCUT2D eigenvalue weighted by Gasteiger charge is 2.23. The molecule has 0 aliphatic heterocycles. The van der Waals surface area contributed by atoms with Crippen LogP contribution in [0.5, 0.6) is 0 Å². The fourth-order valence-electron chi connectivity index (χ4n) is 4.61.